The van der Waals surface area contributed by atoms with Gasteiger partial charge in [-0.05, 0) is 43.5 Å². The van der Waals surface area contributed by atoms with Gasteiger partial charge in [0, 0.05) is 24.5 Å². The first-order chi connectivity index (χ1) is 13.4. The number of hydrogen-bond acceptors (Lipinski definition) is 4. The molecule has 1 heterocycles. The van der Waals surface area contributed by atoms with Crippen molar-refractivity contribution in [1.29, 1.82) is 0 Å². The molecule has 1 aliphatic rings. The first-order valence-corrected chi connectivity index (χ1v) is 10.4. The average molecular weight is 455 g/mol. The van der Waals surface area contributed by atoms with Gasteiger partial charge in [-0.3, -0.25) is 14.4 Å². The highest BCUT2D eigenvalue weighted by molar-refractivity contribution is 9.10. The van der Waals surface area contributed by atoms with Crippen molar-refractivity contribution in [3.8, 4) is 0 Å². The van der Waals surface area contributed by atoms with Crippen LogP contribution in [-0.2, 0) is 20.9 Å². The van der Waals surface area contributed by atoms with Gasteiger partial charge in [-0.1, -0.05) is 41.4 Å². The van der Waals surface area contributed by atoms with Gasteiger partial charge >= 0.3 is 0 Å². The maximum absolute atomic E-state index is 12.1. The second-order valence-electron chi connectivity index (χ2n) is 6.64. The molecule has 3 amide bonds. The normalized spacial score (nSPS) is 15.4. The smallest absolute Gasteiger partial charge is 0.243 e. The third-order valence-electron chi connectivity index (χ3n) is 4.32. The highest BCUT2D eigenvalue weighted by atomic mass is 79.9. The Morgan fingerprint density at radius 1 is 1.29 bits per heavy atom. The zero-order valence-electron chi connectivity index (χ0n) is 16.7. The van der Waals surface area contributed by atoms with E-state index in [0.717, 1.165) is 23.0 Å². The van der Waals surface area contributed by atoms with Crippen molar-refractivity contribution in [2.75, 3.05) is 19.6 Å². The zero-order chi connectivity index (χ0) is 20.9. The van der Waals surface area contributed by atoms with Crippen LogP contribution < -0.4 is 16.4 Å². The van der Waals surface area contributed by atoms with Gasteiger partial charge in [0.2, 0.25) is 17.7 Å². The Labute approximate surface area is 175 Å². The quantitative estimate of drug-likeness (QED) is 0.585. The van der Waals surface area contributed by atoms with E-state index >= 15 is 0 Å². The van der Waals surface area contributed by atoms with Gasteiger partial charge in [-0.25, -0.2) is 0 Å². The second kappa shape index (κ2) is 13.3. The minimum Gasteiger partial charge on any atom is -0.350 e. The number of nitrogens with two attached hydrogens (primary N) is 1. The molecular formula is C20H31BrN4O3. The van der Waals surface area contributed by atoms with Gasteiger partial charge in [-0.15, -0.1) is 0 Å². The van der Waals surface area contributed by atoms with E-state index < -0.39 is 6.04 Å². The lowest BCUT2D eigenvalue weighted by molar-refractivity contribution is -0.137. The number of carbonyl (C=O) groups is 3. The van der Waals surface area contributed by atoms with Crippen LogP contribution in [0.5, 0.6) is 0 Å². The molecule has 1 fully saturated rings. The van der Waals surface area contributed by atoms with Crippen molar-refractivity contribution >= 4 is 33.7 Å². The number of likely N-dealkylation sites (tertiary alicyclic amines) is 1. The van der Waals surface area contributed by atoms with Crippen molar-refractivity contribution in [2.24, 2.45) is 5.73 Å². The summed E-state index contributed by atoms with van der Waals surface area (Å²) in [5.41, 5.74) is 6.11. The first kappa shape index (κ1) is 24.1. The minimum absolute atomic E-state index is 0.0882. The van der Waals surface area contributed by atoms with Crippen LogP contribution in [-0.4, -0.2) is 48.3 Å². The van der Waals surface area contributed by atoms with Gasteiger partial charge in [0.1, 0.15) is 6.04 Å². The molecule has 8 heteroatoms. The van der Waals surface area contributed by atoms with Crippen molar-refractivity contribution in [3.63, 3.8) is 0 Å². The number of rotatable bonds is 7. The van der Waals surface area contributed by atoms with E-state index in [-0.39, 0.29) is 24.3 Å². The molecule has 156 valence electrons. The lowest BCUT2D eigenvalue weighted by Gasteiger charge is -2.22. The second-order valence-corrected chi connectivity index (χ2v) is 7.55. The first-order valence-electron chi connectivity index (χ1n) is 9.65. The molecule has 1 saturated heterocycles. The molecule has 28 heavy (non-hydrogen) atoms. The maximum atomic E-state index is 12.1. The fourth-order valence-corrected chi connectivity index (χ4v) is 3.26. The van der Waals surface area contributed by atoms with Gasteiger partial charge in [0.05, 0.1) is 6.54 Å². The Kier molecular flexibility index (Phi) is 11.4. The molecule has 0 aliphatic carbocycles. The van der Waals surface area contributed by atoms with E-state index in [1.54, 1.807) is 4.90 Å². The molecule has 0 bridgehead atoms. The monoisotopic (exact) mass is 454 g/mol. The van der Waals surface area contributed by atoms with E-state index in [9.17, 15) is 14.4 Å². The molecule has 1 atom stereocenters. The molecule has 1 aromatic rings. The largest absolute Gasteiger partial charge is 0.350 e. The summed E-state index contributed by atoms with van der Waals surface area (Å²) in [6.45, 7) is 5.34. The Balaban J connectivity index is 0.000000696. The average Bonchev–Trinajstić information content (AvgIpc) is 3.16. The van der Waals surface area contributed by atoms with E-state index in [0.29, 0.717) is 19.5 Å². The summed E-state index contributed by atoms with van der Waals surface area (Å²) in [6, 6.07) is 7.18. The molecule has 7 nitrogen and oxygen atoms in total. The van der Waals surface area contributed by atoms with Gasteiger partial charge in [0.25, 0.3) is 0 Å². The van der Waals surface area contributed by atoms with Crippen LogP contribution in [0.1, 0.15) is 45.1 Å². The zero-order valence-corrected chi connectivity index (χ0v) is 18.3. The standard InChI is InChI=1S/C16H20BrN3O3.C4H11N/c1-11(21)20-7-3-6-14(20)16(23)19-10-15(22)18-9-12-4-2-5-13(17)8-12;1-2-3-4-5/h2,4-5,8,14H,3,6-7,9-10H2,1H3,(H,18,22)(H,19,23);2-5H2,1H3. The molecule has 2 rings (SSSR count). The lowest BCUT2D eigenvalue weighted by atomic mass is 10.2. The van der Waals surface area contributed by atoms with E-state index in [1.807, 2.05) is 24.3 Å². The van der Waals surface area contributed by atoms with Crippen LogP contribution in [0.4, 0.5) is 0 Å². The summed E-state index contributed by atoms with van der Waals surface area (Å²) in [5, 5.41) is 5.35. The minimum atomic E-state index is -0.453. The number of carbonyl (C=O) groups excluding carboxylic acids is 3. The van der Waals surface area contributed by atoms with Crippen LogP contribution >= 0.6 is 15.9 Å². The number of unbranched alkanes of at least 4 members (excludes halogenated alkanes) is 1. The molecule has 0 spiro atoms. The van der Waals surface area contributed by atoms with Crippen LogP contribution in [0, 0.1) is 0 Å². The molecular weight excluding hydrogens is 424 g/mol. The third kappa shape index (κ3) is 8.84. The molecule has 1 unspecified atom stereocenters. The number of amides is 3. The predicted molar refractivity (Wildman–Crippen MR) is 113 cm³/mol. The van der Waals surface area contributed by atoms with E-state index in [4.69, 9.17) is 5.73 Å². The highest BCUT2D eigenvalue weighted by Gasteiger charge is 2.32. The SMILES string of the molecule is CC(=O)N1CCCC1C(=O)NCC(=O)NCc1cccc(Br)c1.CCCCN. The predicted octanol–water partition coefficient (Wildman–Crippen LogP) is 1.94. The molecule has 0 radical (unpaired) electrons. The van der Waals surface area contributed by atoms with Crippen LogP contribution in [0.25, 0.3) is 0 Å². The summed E-state index contributed by atoms with van der Waals surface area (Å²) in [6.07, 6.45) is 3.84. The molecule has 0 aromatic heterocycles. The number of hydrogen-bond donors (Lipinski definition) is 3. The number of nitrogens with one attached hydrogen (secondary N) is 2. The summed E-state index contributed by atoms with van der Waals surface area (Å²) < 4.78 is 0.947. The van der Waals surface area contributed by atoms with Crippen molar-refractivity contribution in [3.05, 3.63) is 34.3 Å². The van der Waals surface area contributed by atoms with Crippen molar-refractivity contribution < 1.29 is 14.4 Å². The van der Waals surface area contributed by atoms with Crippen LogP contribution in [0.3, 0.4) is 0 Å². The highest BCUT2D eigenvalue weighted by Crippen LogP contribution is 2.17. The van der Waals surface area contributed by atoms with Crippen LogP contribution in [0.15, 0.2) is 28.7 Å². The van der Waals surface area contributed by atoms with Gasteiger partial charge in [-0.2, -0.15) is 0 Å². The molecule has 4 N–H and O–H groups in total. The topological polar surface area (TPSA) is 105 Å². The lowest BCUT2D eigenvalue weighted by Crippen LogP contribution is -2.47. The third-order valence-corrected chi connectivity index (χ3v) is 4.81. The Morgan fingerprint density at radius 3 is 2.61 bits per heavy atom. The van der Waals surface area contributed by atoms with E-state index in [2.05, 4.69) is 33.5 Å². The Morgan fingerprint density at radius 2 is 2.04 bits per heavy atom. The molecule has 1 aromatic carbocycles. The summed E-state index contributed by atoms with van der Waals surface area (Å²) >= 11 is 3.37. The maximum Gasteiger partial charge on any atom is 0.243 e. The fraction of sp³-hybridized carbons (Fsp3) is 0.550. The summed E-state index contributed by atoms with van der Waals surface area (Å²) in [4.78, 5) is 36.9. The van der Waals surface area contributed by atoms with Crippen molar-refractivity contribution in [1.82, 2.24) is 15.5 Å². The van der Waals surface area contributed by atoms with Gasteiger partial charge < -0.3 is 21.3 Å². The van der Waals surface area contributed by atoms with Crippen molar-refractivity contribution in [2.45, 2.75) is 52.1 Å². The Hall–Kier alpha value is -1.93. The number of nitrogens with zero attached hydrogens (tertiary/aromatic N) is 1. The fourth-order valence-electron chi connectivity index (χ4n) is 2.82. The molecule has 0 saturated carbocycles. The van der Waals surface area contributed by atoms with Crippen LogP contribution in [0.2, 0.25) is 0 Å². The number of halogens is 1. The van der Waals surface area contributed by atoms with Gasteiger partial charge in [0.15, 0.2) is 0 Å². The number of benzene rings is 1. The molecule has 1 aliphatic heterocycles. The summed E-state index contributed by atoms with van der Waals surface area (Å²) in [7, 11) is 0. The Bertz CT molecular complexity index is 652. The summed E-state index contributed by atoms with van der Waals surface area (Å²) in [5.74, 6) is -0.636. The van der Waals surface area contributed by atoms with E-state index in [1.165, 1.54) is 19.8 Å².